The largest absolute Gasteiger partial charge is 0.481 e. The summed E-state index contributed by atoms with van der Waals surface area (Å²) in [5, 5.41) is 9.06. The Morgan fingerprint density at radius 1 is 1.23 bits per heavy atom. The van der Waals surface area contributed by atoms with Crippen LogP contribution in [0.3, 0.4) is 0 Å². The molecule has 2 aliphatic rings. The molecule has 0 aliphatic carbocycles. The van der Waals surface area contributed by atoms with Gasteiger partial charge in [-0.05, 0) is 58.7 Å². The summed E-state index contributed by atoms with van der Waals surface area (Å²) >= 11 is 0. The standard InChI is InChI=1S/C25H33N7O3/c1-16(19-6-9-28-30(19)5)34-20-12-17(14-27-22(20)26)18-13-21-25(8-11-32(21)29-18)7-10-31(15-25)23(33)35-24(2,3)4/h6,9,12-14,16H,7-8,10-11,15H2,1-5H3,(H2,26,27)/t16?,25-/m1/s1. The molecule has 1 saturated heterocycles. The number of likely N-dealkylation sites (tertiary alicyclic amines) is 1. The quantitative estimate of drug-likeness (QED) is 0.607. The fourth-order valence-electron chi connectivity index (χ4n) is 5.09. The van der Waals surface area contributed by atoms with Gasteiger partial charge < -0.3 is 20.1 Å². The Balaban J connectivity index is 1.37. The van der Waals surface area contributed by atoms with E-state index in [1.54, 1.807) is 17.1 Å². The third-order valence-corrected chi connectivity index (χ3v) is 6.89. The molecular formula is C25H33N7O3. The van der Waals surface area contributed by atoms with Gasteiger partial charge in [-0.2, -0.15) is 10.2 Å². The Kier molecular flexibility index (Phi) is 5.49. The first-order valence-electron chi connectivity index (χ1n) is 12.0. The van der Waals surface area contributed by atoms with Gasteiger partial charge in [-0.3, -0.25) is 9.36 Å². The Hall–Kier alpha value is -3.56. The molecule has 3 aromatic rings. The summed E-state index contributed by atoms with van der Waals surface area (Å²) in [6.45, 7) is 9.78. The zero-order valence-corrected chi connectivity index (χ0v) is 21.0. The van der Waals surface area contributed by atoms with Crippen LogP contribution < -0.4 is 10.5 Å². The van der Waals surface area contributed by atoms with Gasteiger partial charge in [-0.25, -0.2) is 9.78 Å². The van der Waals surface area contributed by atoms with E-state index in [-0.39, 0.29) is 17.6 Å². The van der Waals surface area contributed by atoms with Crippen molar-refractivity contribution in [1.29, 1.82) is 0 Å². The van der Waals surface area contributed by atoms with Gasteiger partial charge in [0.25, 0.3) is 0 Å². The monoisotopic (exact) mass is 479 g/mol. The molecule has 2 aliphatic heterocycles. The molecule has 1 fully saturated rings. The van der Waals surface area contributed by atoms with E-state index in [4.69, 9.17) is 20.3 Å². The molecule has 1 unspecified atom stereocenters. The predicted octanol–water partition coefficient (Wildman–Crippen LogP) is 3.68. The summed E-state index contributed by atoms with van der Waals surface area (Å²) in [6, 6.07) is 5.92. The molecular weight excluding hydrogens is 446 g/mol. The fourth-order valence-corrected chi connectivity index (χ4v) is 5.09. The number of amides is 1. The number of carbonyl (C=O) groups is 1. The first-order chi connectivity index (χ1) is 16.5. The van der Waals surface area contributed by atoms with Crippen molar-refractivity contribution in [3.8, 4) is 17.0 Å². The van der Waals surface area contributed by atoms with Gasteiger partial charge in [-0.1, -0.05) is 0 Å². The van der Waals surface area contributed by atoms with Crippen LogP contribution in [0, 0.1) is 0 Å². The summed E-state index contributed by atoms with van der Waals surface area (Å²) in [7, 11) is 1.88. The van der Waals surface area contributed by atoms with Crippen LogP contribution in [0.25, 0.3) is 11.3 Å². The Morgan fingerprint density at radius 3 is 2.71 bits per heavy atom. The summed E-state index contributed by atoms with van der Waals surface area (Å²) in [5.74, 6) is 0.839. The summed E-state index contributed by atoms with van der Waals surface area (Å²) in [4.78, 5) is 18.8. The molecule has 2 N–H and O–H groups in total. The highest BCUT2D eigenvalue weighted by Crippen LogP contribution is 2.44. The van der Waals surface area contributed by atoms with Crippen molar-refractivity contribution >= 4 is 11.9 Å². The van der Waals surface area contributed by atoms with Crippen molar-refractivity contribution in [2.45, 2.75) is 64.2 Å². The van der Waals surface area contributed by atoms with Crippen LogP contribution in [0.1, 0.15) is 58.0 Å². The van der Waals surface area contributed by atoms with E-state index in [1.165, 1.54) is 0 Å². The van der Waals surface area contributed by atoms with E-state index in [2.05, 4.69) is 20.8 Å². The van der Waals surface area contributed by atoms with Crippen LogP contribution in [0.15, 0.2) is 30.6 Å². The number of aryl methyl sites for hydroxylation is 2. The highest BCUT2D eigenvalue weighted by atomic mass is 16.6. The third-order valence-electron chi connectivity index (χ3n) is 6.89. The average molecular weight is 480 g/mol. The second-order valence-corrected chi connectivity index (χ2v) is 10.6. The Labute approximate surface area is 205 Å². The molecule has 0 bridgehead atoms. The van der Waals surface area contributed by atoms with Crippen LogP contribution in [-0.2, 0) is 23.7 Å². The summed E-state index contributed by atoms with van der Waals surface area (Å²) < 4.78 is 15.6. The maximum atomic E-state index is 12.6. The number of anilines is 1. The van der Waals surface area contributed by atoms with Crippen molar-refractivity contribution < 1.29 is 14.3 Å². The van der Waals surface area contributed by atoms with Gasteiger partial charge in [0.2, 0.25) is 0 Å². The molecule has 10 nitrogen and oxygen atoms in total. The average Bonchev–Trinajstić information content (AvgIpc) is 3.55. The van der Waals surface area contributed by atoms with Crippen molar-refractivity contribution in [1.82, 2.24) is 29.4 Å². The van der Waals surface area contributed by atoms with Crippen LogP contribution >= 0.6 is 0 Å². The number of nitrogens with two attached hydrogens (primary N) is 1. The topological polar surface area (TPSA) is 113 Å². The lowest BCUT2D eigenvalue weighted by molar-refractivity contribution is 0.0284. The minimum atomic E-state index is -0.506. The number of hydrogen-bond acceptors (Lipinski definition) is 7. The summed E-state index contributed by atoms with van der Waals surface area (Å²) in [6.07, 6.45) is 4.83. The molecule has 0 saturated carbocycles. The van der Waals surface area contributed by atoms with E-state index >= 15 is 0 Å². The highest BCUT2D eigenvalue weighted by Gasteiger charge is 2.47. The molecule has 1 amide bonds. The minimum Gasteiger partial charge on any atom is -0.481 e. The van der Waals surface area contributed by atoms with Gasteiger partial charge in [0.05, 0.1) is 11.4 Å². The molecule has 0 aromatic carbocycles. The van der Waals surface area contributed by atoms with E-state index in [1.807, 2.05) is 51.8 Å². The number of aromatic nitrogens is 5. The number of rotatable bonds is 4. The number of nitrogen functional groups attached to an aromatic ring is 1. The molecule has 35 heavy (non-hydrogen) atoms. The van der Waals surface area contributed by atoms with Gasteiger partial charge in [0.1, 0.15) is 11.7 Å². The lowest BCUT2D eigenvalue weighted by atomic mass is 9.82. The molecule has 2 atom stereocenters. The van der Waals surface area contributed by atoms with Crippen LogP contribution in [-0.4, -0.2) is 54.2 Å². The molecule has 5 rings (SSSR count). The molecule has 0 radical (unpaired) electrons. The maximum Gasteiger partial charge on any atom is 0.410 e. The molecule has 3 aromatic heterocycles. The van der Waals surface area contributed by atoms with Crippen LogP contribution in [0.4, 0.5) is 10.6 Å². The second-order valence-electron chi connectivity index (χ2n) is 10.6. The number of pyridine rings is 1. The SMILES string of the molecule is CC(Oc1cc(-c2cc3n(n2)CC[C@@]32CCN(C(=O)OC(C)(C)C)C2)cnc1N)c1ccnn1C. The Bertz CT molecular complexity index is 1260. The number of nitrogens with zero attached hydrogens (tertiary/aromatic N) is 6. The van der Waals surface area contributed by atoms with Crippen molar-refractivity contribution in [3.63, 3.8) is 0 Å². The molecule has 1 spiro atoms. The number of carbonyl (C=O) groups excluding carboxylic acids is 1. The van der Waals surface area contributed by atoms with E-state index in [0.29, 0.717) is 24.7 Å². The normalized spacial score (nSPS) is 20.3. The predicted molar refractivity (Wildman–Crippen MR) is 131 cm³/mol. The third kappa shape index (κ3) is 4.33. The summed E-state index contributed by atoms with van der Waals surface area (Å²) in [5.41, 5.74) is 9.27. The fraction of sp³-hybridized carbons (Fsp3) is 0.520. The molecule has 5 heterocycles. The molecule has 186 valence electrons. The van der Waals surface area contributed by atoms with Crippen LogP contribution in [0.2, 0.25) is 0 Å². The zero-order valence-electron chi connectivity index (χ0n) is 21.0. The second kappa shape index (κ2) is 8.28. The van der Waals surface area contributed by atoms with Gasteiger partial charge >= 0.3 is 6.09 Å². The van der Waals surface area contributed by atoms with E-state index in [9.17, 15) is 4.79 Å². The smallest absolute Gasteiger partial charge is 0.410 e. The van der Waals surface area contributed by atoms with Gasteiger partial charge in [0.15, 0.2) is 11.6 Å². The zero-order chi connectivity index (χ0) is 25.0. The number of fused-ring (bicyclic) bond motifs is 2. The first kappa shape index (κ1) is 23.2. The van der Waals surface area contributed by atoms with Crippen LogP contribution in [0.5, 0.6) is 5.75 Å². The lowest BCUT2D eigenvalue weighted by Gasteiger charge is -2.26. The molecule has 10 heteroatoms. The maximum absolute atomic E-state index is 12.6. The van der Waals surface area contributed by atoms with Gasteiger partial charge in [0, 0.05) is 55.7 Å². The Morgan fingerprint density at radius 2 is 2.00 bits per heavy atom. The first-order valence-corrected chi connectivity index (χ1v) is 12.0. The van der Waals surface area contributed by atoms with E-state index < -0.39 is 5.60 Å². The van der Waals surface area contributed by atoms with E-state index in [0.717, 1.165) is 42.0 Å². The highest BCUT2D eigenvalue weighted by molar-refractivity contribution is 5.69. The minimum absolute atomic E-state index is 0.100. The van der Waals surface area contributed by atoms with Crippen molar-refractivity contribution in [3.05, 3.63) is 42.0 Å². The van der Waals surface area contributed by atoms with Crippen molar-refractivity contribution in [2.24, 2.45) is 7.05 Å². The lowest BCUT2D eigenvalue weighted by Crippen LogP contribution is -2.37. The van der Waals surface area contributed by atoms with Gasteiger partial charge in [-0.15, -0.1) is 0 Å². The number of ether oxygens (including phenoxy) is 2. The number of hydrogen-bond donors (Lipinski definition) is 1. The van der Waals surface area contributed by atoms with Crippen molar-refractivity contribution in [2.75, 3.05) is 18.8 Å².